The van der Waals surface area contributed by atoms with E-state index in [2.05, 4.69) is 0 Å². The zero-order valence-corrected chi connectivity index (χ0v) is 10.6. The molecule has 0 radical (unpaired) electrons. The van der Waals surface area contributed by atoms with Crippen LogP contribution in [0.15, 0.2) is 30.3 Å². The van der Waals surface area contributed by atoms with E-state index in [0.717, 1.165) is 15.3 Å². The molecule has 3 heteroatoms. The minimum atomic E-state index is -0.313. The second kappa shape index (κ2) is 4.80. The first-order chi connectivity index (χ1) is 8.08. The maximum Gasteiger partial charge on any atom is 0.177 e. The van der Waals surface area contributed by atoms with E-state index < -0.39 is 0 Å². The van der Waals surface area contributed by atoms with Gasteiger partial charge in [-0.25, -0.2) is 4.39 Å². The van der Waals surface area contributed by atoms with Gasteiger partial charge in [0.05, 0.1) is 4.88 Å². The van der Waals surface area contributed by atoms with E-state index in [9.17, 15) is 9.18 Å². The third-order valence-electron chi connectivity index (χ3n) is 2.60. The first-order valence-electron chi connectivity index (χ1n) is 5.41. The first-order valence-corrected chi connectivity index (χ1v) is 6.23. The maximum absolute atomic E-state index is 13.4. The molecule has 0 aliphatic rings. The lowest BCUT2D eigenvalue weighted by atomic mass is 10.1. The largest absolute Gasteiger partial charge is 0.293 e. The molecule has 0 aliphatic heterocycles. The summed E-state index contributed by atoms with van der Waals surface area (Å²) in [6.07, 6.45) is 0.132. The zero-order chi connectivity index (χ0) is 12.4. The number of carbonyl (C=O) groups is 1. The Bertz CT molecular complexity index is 557. The maximum atomic E-state index is 13.4. The van der Waals surface area contributed by atoms with E-state index in [4.69, 9.17) is 0 Å². The van der Waals surface area contributed by atoms with Crippen LogP contribution in [0.4, 0.5) is 4.39 Å². The zero-order valence-electron chi connectivity index (χ0n) is 9.79. The number of benzene rings is 1. The van der Waals surface area contributed by atoms with Gasteiger partial charge in [0.15, 0.2) is 5.78 Å². The Hall–Kier alpha value is -1.48. The topological polar surface area (TPSA) is 17.1 Å². The summed E-state index contributed by atoms with van der Waals surface area (Å²) in [6, 6.07) is 8.40. The first kappa shape index (κ1) is 12.0. The van der Waals surface area contributed by atoms with Gasteiger partial charge < -0.3 is 0 Å². The van der Waals surface area contributed by atoms with Gasteiger partial charge in [-0.1, -0.05) is 18.2 Å². The average Bonchev–Trinajstić information content (AvgIpc) is 2.61. The molecule has 1 aromatic carbocycles. The molecule has 0 spiro atoms. The van der Waals surface area contributed by atoms with Gasteiger partial charge in [0, 0.05) is 11.3 Å². The molecule has 88 valence electrons. The van der Waals surface area contributed by atoms with Crippen molar-refractivity contribution in [3.63, 3.8) is 0 Å². The summed E-state index contributed by atoms with van der Waals surface area (Å²) in [7, 11) is 0. The lowest BCUT2D eigenvalue weighted by molar-refractivity contribution is 0.0995. The second-order valence-corrected chi connectivity index (χ2v) is 5.32. The highest BCUT2D eigenvalue weighted by Crippen LogP contribution is 2.23. The van der Waals surface area contributed by atoms with Gasteiger partial charge in [-0.2, -0.15) is 0 Å². The van der Waals surface area contributed by atoms with Crippen LogP contribution in [0.5, 0.6) is 0 Å². The molecule has 0 saturated carbocycles. The van der Waals surface area contributed by atoms with Crippen LogP contribution < -0.4 is 0 Å². The minimum absolute atomic E-state index is 0.00861. The number of hydrogen-bond donors (Lipinski definition) is 0. The number of thiophene rings is 1. The fourth-order valence-corrected chi connectivity index (χ4v) is 2.78. The molecule has 0 fully saturated rings. The minimum Gasteiger partial charge on any atom is -0.293 e. The van der Waals surface area contributed by atoms with Gasteiger partial charge >= 0.3 is 0 Å². The number of hydrogen-bond acceptors (Lipinski definition) is 2. The summed E-state index contributed by atoms with van der Waals surface area (Å²) in [4.78, 5) is 13.9. The lowest BCUT2D eigenvalue weighted by Crippen LogP contribution is -2.04. The van der Waals surface area contributed by atoms with Gasteiger partial charge in [-0.3, -0.25) is 4.79 Å². The van der Waals surface area contributed by atoms with Crippen molar-refractivity contribution >= 4 is 17.1 Å². The molecule has 0 bridgehead atoms. The normalized spacial score (nSPS) is 10.5. The fourth-order valence-electron chi connectivity index (χ4n) is 1.81. The van der Waals surface area contributed by atoms with Crippen LogP contribution in [0.3, 0.4) is 0 Å². The molecule has 0 atom stereocenters. The van der Waals surface area contributed by atoms with Crippen LogP contribution in [0, 0.1) is 19.7 Å². The Labute approximate surface area is 104 Å². The van der Waals surface area contributed by atoms with Crippen LogP contribution in [0.1, 0.15) is 25.7 Å². The third kappa shape index (κ3) is 2.61. The Kier molecular flexibility index (Phi) is 3.38. The molecule has 0 aliphatic carbocycles. The highest BCUT2D eigenvalue weighted by molar-refractivity contribution is 7.14. The summed E-state index contributed by atoms with van der Waals surface area (Å²) in [6.45, 7) is 3.88. The number of carbonyl (C=O) groups excluding carboxylic acids is 1. The summed E-state index contributed by atoms with van der Waals surface area (Å²) in [5.74, 6) is -0.322. The van der Waals surface area contributed by atoms with Crippen molar-refractivity contribution in [2.45, 2.75) is 20.3 Å². The van der Waals surface area contributed by atoms with E-state index in [-0.39, 0.29) is 18.0 Å². The van der Waals surface area contributed by atoms with E-state index in [1.165, 1.54) is 17.4 Å². The van der Waals surface area contributed by atoms with E-state index in [1.54, 1.807) is 18.2 Å². The Morgan fingerprint density at radius 3 is 2.59 bits per heavy atom. The number of rotatable bonds is 3. The molecule has 1 aromatic heterocycles. The van der Waals surface area contributed by atoms with Gasteiger partial charge in [0.25, 0.3) is 0 Å². The molecule has 17 heavy (non-hydrogen) atoms. The summed E-state index contributed by atoms with van der Waals surface area (Å²) < 4.78 is 13.4. The number of halogens is 1. The van der Waals surface area contributed by atoms with Crippen LogP contribution in [-0.2, 0) is 6.42 Å². The van der Waals surface area contributed by atoms with Crippen LogP contribution in [0.2, 0.25) is 0 Å². The van der Waals surface area contributed by atoms with Crippen molar-refractivity contribution in [2.75, 3.05) is 0 Å². The Morgan fingerprint density at radius 2 is 2.00 bits per heavy atom. The van der Waals surface area contributed by atoms with E-state index >= 15 is 0 Å². The Morgan fingerprint density at radius 1 is 1.29 bits per heavy atom. The number of aryl methyl sites for hydroxylation is 2. The standard InChI is InChI=1S/C14H13FOS/c1-9-7-10(2)17-14(9)13(16)8-11-5-3-4-6-12(11)15/h3-7H,8H2,1-2H3. The summed E-state index contributed by atoms with van der Waals surface area (Å²) in [5, 5.41) is 0. The van der Waals surface area contributed by atoms with Crippen LogP contribution in [-0.4, -0.2) is 5.78 Å². The molecule has 0 saturated heterocycles. The van der Waals surface area contributed by atoms with Crippen molar-refractivity contribution in [2.24, 2.45) is 0 Å². The molecule has 0 amide bonds. The van der Waals surface area contributed by atoms with Crippen molar-refractivity contribution in [1.29, 1.82) is 0 Å². The monoisotopic (exact) mass is 248 g/mol. The van der Waals surface area contributed by atoms with Crippen molar-refractivity contribution in [3.8, 4) is 0 Å². The van der Waals surface area contributed by atoms with Gasteiger partial charge in [-0.05, 0) is 37.1 Å². The van der Waals surface area contributed by atoms with E-state index in [1.807, 2.05) is 19.9 Å². The van der Waals surface area contributed by atoms with Crippen molar-refractivity contribution in [3.05, 3.63) is 57.0 Å². The summed E-state index contributed by atoms with van der Waals surface area (Å²) in [5.41, 5.74) is 1.44. The molecule has 1 heterocycles. The van der Waals surface area contributed by atoms with Crippen molar-refractivity contribution < 1.29 is 9.18 Å². The molecule has 0 unspecified atom stereocenters. The van der Waals surface area contributed by atoms with E-state index in [0.29, 0.717) is 5.56 Å². The Balaban J connectivity index is 2.23. The fraction of sp³-hybridized carbons (Fsp3) is 0.214. The number of Topliss-reactive ketones (excluding diaryl/α,β-unsaturated/α-hetero) is 1. The highest BCUT2D eigenvalue weighted by Gasteiger charge is 2.14. The van der Waals surface area contributed by atoms with Crippen LogP contribution in [0.25, 0.3) is 0 Å². The molecular weight excluding hydrogens is 235 g/mol. The van der Waals surface area contributed by atoms with Gasteiger partial charge in [0.2, 0.25) is 0 Å². The highest BCUT2D eigenvalue weighted by atomic mass is 32.1. The van der Waals surface area contributed by atoms with Crippen LogP contribution >= 0.6 is 11.3 Å². The second-order valence-electron chi connectivity index (χ2n) is 4.06. The predicted molar refractivity (Wildman–Crippen MR) is 68.2 cm³/mol. The summed E-state index contributed by atoms with van der Waals surface area (Å²) >= 11 is 1.48. The molecule has 2 aromatic rings. The lowest BCUT2D eigenvalue weighted by Gasteiger charge is -2.01. The SMILES string of the molecule is Cc1cc(C)c(C(=O)Cc2ccccc2F)s1. The van der Waals surface area contributed by atoms with Crippen molar-refractivity contribution in [1.82, 2.24) is 0 Å². The van der Waals surface area contributed by atoms with Gasteiger partial charge in [0.1, 0.15) is 5.82 Å². The number of ketones is 1. The quantitative estimate of drug-likeness (QED) is 0.752. The molecular formula is C14H13FOS. The third-order valence-corrected chi connectivity index (χ3v) is 3.80. The smallest absolute Gasteiger partial charge is 0.177 e. The predicted octanol–water partition coefficient (Wildman–Crippen LogP) is 3.93. The average molecular weight is 248 g/mol. The molecule has 2 rings (SSSR count). The molecule has 1 nitrogen and oxygen atoms in total. The molecule has 0 N–H and O–H groups in total. The van der Waals surface area contributed by atoms with Gasteiger partial charge in [-0.15, -0.1) is 11.3 Å².